The third-order valence-corrected chi connectivity index (χ3v) is 7.06. The van der Waals surface area contributed by atoms with E-state index in [9.17, 15) is 18.0 Å². The number of benzene rings is 1. The second-order valence-electron chi connectivity index (χ2n) is 6.91. The summed E-state index contributed by atoms with van der Waals surface area (Å²) in [5.41, 5.74) is 0. The lowest BCUT2D eigenvalue weighted by Crippen LogP contribution is -2.53. The third kappa shape index (κ3) is 5.02. The van der Waals surface area contributed by atoms with Crippen LogP contribution in [0, 0.1) is 0 Å². The molecular formula is C18H24ClN3O5S. The Morgan fingerprint density at radius 2 is 1.79 bits per heavy atom. The first-order valence-corrected chi connectivity index (χ1v) is 11.2. The van der Waals surface area contributed by atoms with Crippen molar-refractivity contribution < 1.29 is 22.7 Å². The van der Waals surface area contributed by atoms with Crippen molar-refractivity contribution in [1.82, 2.24) is 14.9 Å². The molecule has 1 aliphatic carbocycles. The highest BCUT2D eigenvalue weighted by molar-refractivity contribution is 7.89. The number of halogens is 1. The van der Waals surface area contributed by atoms with Gasteiger partial charge in [0.05, 0.1) is 18.0 Å². The Kier molecular flexibility index (Phi) is 6.92. The molecule has 1 atom stereocenters. The molecule has 10 heteroatoms. The molecule has 28 heavy (non-hydrogen) atoms. The van der Waals surface area contributed by atoms with Crippen molar-refractivity contribution in [3.8, 4) is 0 Å². The number of sulfonamides is 1. The highest BCUT2D eigenvalue weighted by Gasteiger charge is 2.35. The molecule has 2 amide bonds. The van der Waals surface area contributed by atoms with Gasteiger partial charge in [0.2, 0.25) is 10.0 Å². The van der Waals surface area contributed by atoms with Crippen LogP contribution in [0.4, 0.5) is 0 Å². The topological polar surface area (TPSA) is 105 Å². The van der Waals surface area contributed by atoms with Crippen molar-refractivity contribution in [2.24, 2.45) is 0 Å². The van der Waals surface area contributed by atoms with Crippen LogP contribution in [0.1, 0.15) is 32.1 Å². The molecule has 1 heterocycles. The molecule has 3 rings (SSSR count). The first kappa shape index (κ1) is 21.0. The minimum Gasteiger partial charge on any atom is -0.360 e. The number of carbonyl (C=O) groups excluding carboxylic acids is 2. The SMILES string of the molecule is O=C(NC[C@H]1OCCCN1S(=O)(=O)c1ccc(Cl)cc1)C(=O)NC1CCCC1. The Bertz CT molecular complexity index is 809. The van der Waals surface area contributed by atoms with Crippen molar-refractivity contribution in [3.05, 3.63) is 29.3 Å². The van der Waals surface area contributed by atoms with E-state index in [2.05, 4.69) is 10.6 Å². The molecule has 0 spiro atoms. The Morgan fingerprint density at radius 1 is 1.11 bits per heavy atom. The second kappa shape index (κ2) is 9.21. The van der Waals surface area contributed by atoms with Crippen LogP contribution in [0.25, 0.3) is 0 Å². The van der Waals surface area contributed by atoms with Crippen LogP contribution >= 0.6 is 11.6 Å². The minimum atomic E-state index is -3.82. The fourth-order valence-corrected chi connectivity index (χ4v) is 5.12. The van der Waals surface area contributed by atoms with E-state index in [-0.39, 0.29) is 24.0 Å². The lowest BCUT2D eigenvalue weighted by molar-refractivity contribution is -0.140. The van der Waals surface area contributed by atoms with E-state index in [0.29, 0.717) is 18.1 Å². The smallest absolute Gasteiger partial charge is 0.309 e. The van der Waals surface area contributed by atoms with Crippen LogP contribution in [0.15, 0.2) is 29.2 Å². The van der Waals surface area contributed by atoms with Crippen LogP contribution in [-0.2, 0) is 24.3 Å². The van der Waals surface area contributed by atoms with Crippen molar-refractivity contribution in [2.75, 3.05) is 19.7 Å². The molecule has 0 bridgehead atoms. The molecule has 1 aromatic carbocycles. The van der Waals surface area contributed by atoms with Crippen LogP contribution in [0.2, 0.25) is 5.02 Å². The Hall–Kier alpha value is -1.68. The Labute approximate surface area is 169 Å². The molecule has 0 unspecified atom stereocenters. The van der Waals surface area contributed by atoms with Gasteiger partial charge in [-0.15, -0.1) is 0 Å². The summed E-state index contributed by atoms with van der Waals surface area (Å²) in [5.74, 6) is -1.49. The molecule has 0 radical (unpaired) electrons. The van der Waals surface area contributed by atoms with E-state index in [4.69, 9.17) is 16.3 Å². The first-order chi connectivity index (χ1) is 13.4. The number of carbonyl (C=O) groups is 2. The van der Waals surface area contributed by atoms with E-state index in [1.165, 1.54) is 28.6 Å². The standard InChI is InChI=1S/C18H24ClN3O5S/c19-13-6-8-15(9-7-13)28(25,26)22-10-3-11-27-16(22)12-20-17(23)18(24)21-14-4-1-2-5-14/h6-9,14,16H,1-5,10-12H2,(H,20,23)(H,21,24)/t16-/m1/s1. The zero-order valence-electron chi connectivity index (χ0n) is 15.4. The Balaban J connectivity index is 1.62. The summed E-state index contributed by atoms with van der Waals surface area (Å²) in [6.45, 7) is 0.533. The van der Waals surface area contributed by atoms with Gasteiger partial charge in [0.15, 0.2) is 0 Å². The number of ether oxygens (including phenoxy) is 1. The summed E-state index contributed by atoms with van der Waals surface area (Å²) in [6, 6.07) is 5.90. The zero-order valence-corrected chi connectivity index (χ0v) is 17.0. The monoisotopic (exact) mass is 429 g/mol. The average Bonchev–Trinajstić information content (AvgIpc) is 3.19. The van der Waals surface area contributed by atoms with Crippen molar-refractivity contribution in [1.29, 1.82) is 0 Å². The van der Waals surface area contributed by atoms with Gasteiger partial charge in [-0.05, 0) is 43.5 Å². The van der Waals surface area contributed by atoms with Crippen molar-refractivity contribution in [3.63, 3.8) is 0 Å². The Morgan fingerprint density at radius 3 is 2.46 bits per heavy atom. The van der Waals surface area contributed by atoms with Crippen molar-refractivity contribution >= 4 is 33.4 Å². The largest absolute Gasteiger partial charge is 0.360 e. The predicted octanol–water partition coefficient (Wildman–Crippen LogP) is 1.25. The molecule has 1 saturated carbocycles. The molecule has 8 nitrogen and oxygen atoms in total. The lowest BCUT2D eigenvalue weighted by Gasteiger charge is -2.34. The van der Waals surface area contributed by atoms with Gasteiger partial charge in [0.25, 0.3) is 0 Å². The zero-order chi connectivity index (χ0) is 20.1. The molecule has 2 N–H and O–H groups in total. The number of hydrogen-bond acceptors (Lipinski definition) is 5. The quantitative estimate of drug-likeness (QED) is 0.685. The summed E-state index contributed by atoms with van der Waals surface area (Å²) in [4.78, 5) is 24.2. The maximum absolute atomic E-state index is 12.9. The minimum absolute atomic E-state index is 0.0333. The number of amides is 2. The van der Waals surface area contributed by atoms with Gasteiger partial charge in [0, 0.05) is 17.6 Å². The molecule has 2 aliphatic rings. The van der Waals surface area contributed by atoms with E-state index in [0.717, 1.165) is 25.7 Å². The highest BCUT2D eigenvalue weighted by atomic mass is 35.5. The van der Waals surface area contributed by atoms with Crippen LogP contribution < -0.4 is 10.6 Å². The molecule has 0 aromatic heterocycles. The lowest BCUT2D eigenvalue weighted by atomic mass is 10.2. The normalized spacial score (nSPS) is 21.4. The molecule has 1 aliphatic heterocycles. The number of nitrogens with zero attached hydrogens (tertiary/aromatic N) is 1. The van der Waals surface area contributed by atoms with Gasteiger partial charge in [-0.3, -0.25) is 9.59 Å². The second-order valence-corrected chi connectivity index (χ2v) is 9.24. The van der Waals surface area contributed by atoms with Crippen LogP contribution in [-0.4, -0.2) is 56.5 Å². The van der Waals surface area contributed by atoms with E-state index >= 15 is 0 Å². The maximum Gasteiger partial charge on any atom is 0.309 e. The number of nitrogens with one attached hydrogen (secondary N) is 2. The fourth-order valence-electron chi connectivity index (χ4n) is 3.43. The first-order valence-electron chi connectivity index (χ1n) is 9.35. The van der Waals surface area contributed by atoms with Gasteiger partial charge in [-0.25, -0.2) is 8.42 Å². The molecule has 1 saturated heterocycles. The molecule has 1 aromatic rings. The van der Waals surface area contributed by atoms with Gasteiger partial charge >= 0.3 is 11.8 Å². The third-order valence-electron chi connectivity index (χ3n) is 4.91. The number of rotatable bonds is 5. The van der Waals surface area contributed by atoms with Crippen LogP contribution in [0.3, 0.4) is 0 Å². The van der Waals surface area contributed by atoms with E-state index < -0.39 is 28.1 Å². The highest BCUT2D eigenvalue weighted by Crippen LogP contribution is 2.23. The summed E-state index contributed by atoms with van der Waals surface area (Å²) in [5, 5.41) is 5.62. The maximum atomic E-state index is 12.9. The summed E-state index contributed by atoms with van der Waals surface area (Å²) in [7, 11) is -3.82. The fraction of sp³-hybridized carbons (Fsp3) is 0.556. The number of hydrogen-bond donors (Lipinski definition) is 2. The molecule has 2 fully saturated rings. The predicted molar refractivity (Wildman–Crippen MR) is 103 cm³/mol. The van der Waals surface area contributed by atoms with Crippen molar-refractivity contribution in [2.45, 2.75) is 49.3 Å². The van der Waals surface area contributed by atoms with Gasteiger partial charge in [0.1, 0.15) is 6.23 Å². The van der Waals surface area contributed by atoms with Gasteiger partial charge in [-0.1, -0.05) is 24.4 Å². The molecular weight excluding hydrogens is 406 g/mol. The van der Waals surface area contributed by atoms with Gasteiger partial charge in [-0.2, -0.15) is 4.31 Å². The van der Waals surface area contributed by atoms with E-state index in [1.54, 1.807) is 0 Å². The van der Waals surface area contributed by atoms with E-state index in [1.807, 2.05) is 0 Å². The van der Waals surface area contributed by atoms with Gasteiger partial charge < -0.3 is 15.4 Å². The molecule has 154 valence electrons. The summed E-state index contributed by atoms with van der Waals surface area (Å²) in [6.07, 6.45) is 3.49. The summed E-state index contributed by atoms with van der Waals surface area (Å²) < 4.78 is 32.6. The van der Waals surface area contributed by atoms with Crippen LogP contribution in [0.5, 0.6) is 0 Å². The average molecular weight is 430 g/mol. The summed E-state index contributed by atoms with van der Waals surface area (Å²) >= 11 is 5.83.